The van der Waals surface area contributed by atoms with Crippen LogP contribution in [0.5, 0.6) is 5.88 Å². The van der Waals surface area contributed by atoms with Crippen molar-refractivity contribution in [3.05, 3.63) is 64.2 Å². The number of aromatic nitrogens is 4. The fraction of sp³-hybridized carbons (Fsp3) is 0.500. The maximum Gasteiger partial charge on any atom is 0.416 e. The first-order valence-electron chi connectivity index (χ1n) is 14.3. The van der Waals surface area contributed by atoms with Crippen molar-refractivity contribution in [1.82, 2.24) is 24.6 Å². The summed E-state index contributed by atoms with van der Waals surface area (Å²) in [5.74, 6) is 0.883. The number of carboxylic acid groups (broad SMARTS) is 1. The number of nitrogens with zero attached hydrogens (tertiary/aromatic N) is 6. The smallest absolute Gasteiger partial charge is 0.416 e. The third-order valence-electron chi connectivity index (χ3n) is 8.53. The summed E-state index contributed by atoms with van der Waals surface area (Å²) in [5.41, 5.74) is 1.09. The molecule has 0 radical (unpaired) electrons. The Morgan fingerprint density at radius 3 is 2.53 bits per heavy atom. The van der Waals surface area contributed by atoms with E-state index in [4.69, 9.17) is 14.6 Å². The van der Waals surface area contributed by atoms with E-state index in [1.54, 1.807) is 18.5 Å². The van der Waals surface area contributed by atoms with Gasteiger partial charge in [-0.15, -0.1) is 10.2 Å². The number of aryl methyl sites for hydroxylation is 1. The summed E-state index contributed by atoms with van der Waals surface area (Å²) in [6, 6.07) is 6.45. The number of hydrogen-bond acceptors (Lipinski definition) is 7. The molecule has 1 amide bonds. The molecule has 230 valence electrons. The zero-order chi connectivity index (χ0) is 30.9. The van der Waals surface area contributed by atoms with Crippen LogP contribution in [0.15, 0.2) is 30.6 Å². The summed E-state index contributed by atoms with van der Waals surface area (Å²) in [4.78, 5) is 30.1. The van der Waals surface area contributed by atoms with Gasteiger partial charge in [0.05, 0.1) is 18.7 Å². The maximum atomic E-state index is 14.3. The zero-order valence-electron chi connectivity index (χ0n) is 24.4. The van der Waals surface area contributed by atoms with Gasteiger partial charge in [0.2, 0.25) is 5.88 Å². The first kappa shape index (κ1) is 30.5. The Morgan fingerprint density at radius 1 is 1.19 bits per heavy atom. The number of fused-ring (bicyclic) bond motifs is 1. The van der Waals surface area contributed by atoms with E-state index in [0.717, 1.165) is 30.9 Å². The predicted octanol–water partition coefficient (Wildman–Crippen LogP) is 4.82. The molecule has 1 aromatic carbocycles. The minimum atomic E-state index is -4.57. The molecular weight excluding hydrogens is 565 g/mol. The highest BCUT2D eigenvalue weighted by atomic mass is 19.4. The third-order valence-corrected chi connectivity index (χ3v) is 8.53. The number of carbonyl (C=O) groups excluding carboxylic acids is 1. The Bertz CT molecular complexity index is 1500. The van der Waals surface area contributed by atoms with Crippen molar-refractivity contribution in [3.63, 3.8) is 0 Å². The number of alkyl halides is 3. The minimum absolute atomic E-state index is 0.00127. The van der Waals surface area contributed by atoms with Gasteiger partial charge in [-0.1, -0.05) is 6.92 Å². The number of carbonyl (C=O) groups is 2. The summed E-state index contributed by atoms with van der Waals surface area (Å²) >= 11 is 0. The molecule has 1 atom stereocenters. The van der Waals surface area contributed by atoms with Crippen molar-refractivity contribution in [3.8, 4) is 5.88 Å². The lowest BCUT2D eigenvalue weighted by molar-refractivity contribution is -0.138. The summed E-state index contributed by atoms with van der Waals surface area (Å²) in [6.07, 6.45) is 1.13. The number of halogens is 3. The molecule has 1 spiro atoms. The molecule has 2 aliphatic heterocycles. The van der Waals surface area contributed by atoms with Crippen LogP contribution in [0.2, 0.25) is 0 Å². The molecule has 0 unspecified atom stereocenters. The lowest BCUT2D eigenvalue weighted by Crippen LogP contribution is -2.25. The minimum Gasteiger partial charge on any atom is -0.483 e. The fourth-order valence-electron chi connectivity index (χ4n) is 6.04. The molecule has 1 N–H and O–H groups in total. The number of hydrogen-bond donors (Lipinski definition) is 1. The van der Waals surface area contributed by atoms with Gasteiger partial charge in [0, 0.05) is 38.2 Å². The van der Waals surface area contributed by atoms with Crippen molar-refractivity contribution >= 4 is 18.2 Å². The van der Waals surface area contributed by atoms with Crippen LogP contribution in [0.3, 0.4) is 0 Å². The van der Waals surface area contributed by atoms with E-state index in [-0.39, 0.29) is 35.9 Å². The van der Waals surface area contributed by atoms with Crippen LogP contribution in [-0.2, 0) is 37.5 Å². The number of ether oxygens (including phenoxy) is 1. The van der Waals surface area contributed by atoms with E-state index < -0.39 is 17.6 Å². The van der Waals surface area contributed by atoms with Crippen LogP contribution < -0.4 is 9.64 Å². The molecule has 2 aromatic heterocycles. The second-order valence-corrected chi connectivity index (χ2v) is 11.6. The normalized spacial score (nSPS) is 17.9. The highest BCUT2D eigenvalue weighted by Crippen LogP contribution is 2.53. The van der Waals surface area contributed by atoms with Crippen LogP contribution in [0.1, 0.15) is 77.5 Å². The Hall–Kier alpha value is -4.00. The maximum absolute atomic E-state index is 14.3. The molecule has 1 saturated carbocycles. The van der Waals surface area contributed by atoms with Crippen LogP contribution in [0.4, 0.5) is 19.0 Å². The number of pyridine rings is 1. The molecule has 2 fully saturated rings. The highest BCUT2D eigenvalue weighted by molar-refractivity contribution is 6.10. The van der Waals surface area contributed by atoms with E-state index >= 15 is 0 Å². The van der Waals surface area contributed by atoms with Crippen molar-refractivity contribution < 1.29 is 32.6 Å². The molecule has 13 heteroatoms. The van der Waals surface area contributed by atoms with Crippen LogP contribution in [-0.4, -0.2) is 61.8 Å². The van der Waals surface area contributed by atoms with E-state index in [2.05, 4.69) is 20.1 Å². The van der Waals surface area contributed by atoms with Gasteiger partial charge < -0.3 is 14.4 Å². The largest absolute Gasteiger partial charge is 0.483 e. The number of benzene rings is 1. The summed E-state index contributed by atoms with van der Waals surface area (Å²) in [6.45, 7) is 5.96. The van der Waals surface area contributed by atoms with Gasteiger partial charge in [-0.2, -0.15) is 18.2 Å². The summed E-state index contributed by atoms with van der Waals surface area (Å²) in [7, 11) is 1.87. The average molecular weight is 601 g/mol. The van der Waals surface area contributed by atoms with E-state index in [1.165, 1.54) is 23.8 Å². The fourth-order valence-corrected chi connectivity index (χ4v) is 6.04. The van der Waals surface area contributed by atoms with Gasteiger partial charge in [0.25, 0.3) is 12.4 Å². The molecule has 6 rings (SSSR count). The Kier molecular flexibility index (Phi) is 8.46. The first-order chi connectivity index (χ1) is 20.5. The lowest BCUT2D eigenvalue weighted by atomic mass is 9.98. The molecular formula is C30H35F3N6O4. The number of amides is 1. The SMILES string of the molecule is CCOc1cc([C@H](C)Cc2nncn2C)cc(N2Cc3c(cc(CN4CCC5(CC5)C4)cc3C(F)(F)F)C2=O)n1.O=CO. The molecule has 3 aromatic rings. The molecule has 1 saturated heterocycles. The highest BCUT2D eigenvalue weighted by Gasteiger charge is 2.47. The number of rotatable bonds is 8. The van der Waals surface area contributed by atoms with Gasteiger partial charge in [0.15, 0.2) is 0 Å². The van der Waals surface area contributed by atoms with Gasteiger partial charge in [-0.3, -0.25) is 19.4 Å². The Labute approximate surface area is 247 Å². The molecule has 3 aliphatic rings. The zero-order valence-corrected chi connectivity index (χ0v) is 24.4. The van der Waals surface area contributed by atoms with Gasteiger partial charge in [-0.25, -0.2) is 0 Å². The molecule has 1 aliphatic carbocycles. The molecule has 0 bridgehead atoms. The Morgan fingerprint density at radius 2 is 1.93 bits per heavy atom. The van der Waals surface area contributed by atoms with E-state index in [9.17, 15) is 18.0 Å². The predicted molar refractivity (Wildman–Crippen MR) is 151 cm³/mol. The monoisotopic (exact) mass is 600 g/mol. The molecule has 4 heterocycles. The summed E-state index contributed by atoms with van der Waals surface area (Å²) < 4.78 is 50.4. The lowest BCUT2D eigenvalue weighted by Gasteiger charge is -2.20. The molecule has 10 nitrogen and oxygen atoms in total. The van der Waals surface area contributed by atoms with Crippen molar-refractivity contribution in [2.24, 2.45) is 12.5 Å². The Balaban J connectivity index is 0.00000118. The molecule has 43 heavy (non-hydrogen) atoms. The van der Waals surface area contributed by atoms with Crippen molar-refractivity contribution in [1.29, 1.82) is 0 Å². The third kappa shape index (κ3) is 6.51. The first-order valence-corrected chi connectivity index (χ1v) is 14.3. The van der Waals surface area contributed by atoms with Crippen LogP contribution in [0.25, 0.3) is 0 Å². The van der Waals surface area contributed by atoms with Gasteiger partial charge in [-0.05, 0) is 79.0 Å². The van der Waals surface area contributed by atoms with Crippen LogP contribution >= 0.6 is 0 Å². The number of likely N-dealkylation sites (tertiary alicyclic amines) is 1. The van der Waals surface area contributed by atoms with Gasteiger partial charge in [0.1, 0.15) is 18.0 Å². The van der Waals surface area contributed by atoms with E-state index in [0.29, 0.717) is 36.4 Å². The second-order valence-electron chi connectivity index (χ2n) is 11.6. The topological polar surface area (TPSA) is 114 Å². The van der Waals surface area contributed by atoms with Crippen LogP contribution in [0, 0.1) is 5.41 Å². The van der Waals surface area contributed by atoms with Crippen molar-refractivity contribution in [2.75, 3.05) is 24.6 Å². The van der Waals surface area contributed by atoms with Gasteiger partial charge >= 0.3 is 6.18 Å². The summed E-state index contributed by atoms with van der Waals surface area (Å²) in [5, 5.41) is 15.0. The standard InChI is InChI=1S/C29H33F3N6O2.CH2O2/c1-4-40-26-13-20(18(2)9-25-35-33-17-36(25)3)12-24(34-26)38-15-22-21(27(38)39)10-19(11-23(22)29(30,31)32)14-37-8-7-28(16-37)5-6-28;2-1-3/h10-13,17-18H,4-9,14-16H2,1-3H3;1H,(H,2,3)/t18-;/m1./s1. The quantitative estimate of drug-likeness (QED) is 0.366. The van der Waals surface area contributed by atoms with Crippen molar-refractivity contribution in [2.45, 2.75) is 64.7 Å². The average Bonchev–Trinajstić information content (AvgIpc) is 3.22. The van der Waals surface area contributed by atoms with E-state index in [1.807, 2.05) is 31.5 Å². The second kappa shape index (κ2) is 11.9. The number of anilines is 1.